The van der Waals surface area contributed by atoms with Gasteiger partial charge in [0.05, 0.1) is 15.4 Å². The molecule has 0 aliphatic rings. The monoisotopic (exact) mass is 357 g/mol. The topological polar surface area (TPSA) is 108 Å². The van der Waals surface area contributed by atoms with E-state index in [1.807, 2.05) is 30.3 Å². The Balaban J connectivity index is 1.97. The molecule has 1 aromatic heterocycles. The first-order valence-corrected chi connectivity index (χ1v) is 7.95. The molecule has 0 amide bonds. The average molecular weight is 357 g/mol. The second-order valence-corrected chi connectivity index (χ2v) is 6.10. The lowest BCUT2D eigenvalue weighted by atomic mass is 10.2. The van der Waals surface area contributed by atoms with Crippen LogP contribution >= 0.6 is 11.8 Å². The summed E-state index contributed by atoms with van der Waals surface area (Å²) in [5, 5.41) is 27.0. The maximum Gasteiger partial charge on any atom is 0.335 e. The van der Waals surface area contributed by atoms with E-state index in [-0.39, 0.29) is 16.2 Å². The minimum Gasteiger partial charge on any atom is -0.478 e. The zero-order valence-corrected chi connectivity index (χ0v) is 13.8. The number of aromatic nitrogens is 3. The fourth-order valence-corrected chi connectivity index (χ4v) is 3.11. The van der Waals surface area contributed by atoms with Gasteiger partial charge in [0.25, 0.3) is 4.92 Å². The number of carbonyl (C=O) groups is 1. The van der Waals surface area contributed by atoms with Crippen molar-refractivity contribution in [2.24, 2.45) is 7.05 Å². The number of hydrogen-bond donors (Lipinski definition) is 2. The summed E-state index contributed by atoms with van der Waals surface area (Å²) >= 11 is 1.10. The summed E-state index contributed by atoms with van der Waals surface area (Å²) in [6.07, 6.45) is 0. The molecule has 0 unspecified atom stereocenters. The van der Waals surface area contributed by atoms with E-state index >= 15 is 0 Å². The second-order valence-electron chi connectivity index (χ2n) is 5.09. The highest BCUT2D eigenvalue weighted by Crippen LogP contribution is 2.35. The molecule has 25 heavy (non-hydrogen) atoms. The summed E-state index contributed by atoms with van der Waals surface area (Å²) < 4.78 is 1.75. The van der Waals surface area contributed by atoms with E-state index in [1.54, 1.807) is 11.6 Å². The zero-order chi connectivity index (χ0) is 18.0. The lowest BCUT2D eigenvalue weighted by molar-refractivity contribution is -0.731. The van der Waals surface area contributed by atoms with Crippen LogP contribution in [-0.4, -0.2) is 36.0 Å². The maximum atomic E-state index is 11.4. The van der Waals surface area contributed by atoms with Gasteiger partial charge in [0.1, 0.15) is 0 Å². The molecule has 1 heterocycles. The quantitative estimate of drug-likeness (QED) is 0.675. The Hall–Kier alpha value is -3.20. The molecule has 126 valence electrons. The molecule has 8 nitrogen and oxygen atoms in total. The third kappa shape index (κ3) is 3.36. The van der Waals surface area contributed by atoms with Gasteiger partial charge >= 0.3 is 11.7 Å². The van der Waals surface area contributed by atoms with Gasteiger partial charge in [-0.05, 0) is 23.9 Å². The molecular formula is C16H13N4O4S+. The van der Waals surface area contributed by atoms with Crippen LogP contribution in [0.25, 0.3) is 11.4 Å². The number of rotatable bonds is 5. The molecule has 0 fully saturated rings. The van der Waals surface area contributed by atoms with Gasteiger partial charge in [0.2, 0.25) is 0 Å². The number of carboxylic acids is 1. The Morgan fingerprint density at radius 2 is 1.88 bits per heavy atom. The molecule has 0 aliphatic heterocycles. The molecular weight excluding hydrogens is 344 g/mol. The predicted molar refractivity (Wildman–Crippen MR) is 89.0 cm³/mol. The van der Waals surface area contributed by atoms with E-state index in [2.05, 4.69) is 10.2 Å². The summed E-state index contributed by atoms with van der Waals surface area (Å²) in [6, 6.07) is 13.4. The SMILES string of the molecule is Cn1c(Sc2ccc(C(=O)O)cc2[N+](=O)O)nnc1-c1ccccc1. The van der Waals surface area contributed by atoms with Crippen molar-refractivity contribution in [2.75, 3.05) is 0 Å². The van der Waals surface area contributed by atoms with Crippen LogP contribution in [0.5, 0.6) is 0 Å². The third-order valence-electron chi connectivity index (χ3n) is 3.48. The van der Waals surface area contributed by atoms with Gasteiger partial charge in [0, 0.05) is 18.7 Å². The molecule has 3 rings (SSSR count). The first kappa shape index (κ1) is 16.7. The van der Waals surface area contributed by atoms with E-state index in [9.17, 15) is 14.9 Å². The molecule has 0 saturated heterocycles. The summed E-state index contributed by atoms with van der Waals surface area (Å²) in [7, 11) is 1.78. The van der Waals surface area contributed by atoms with E-state index < -0.39 is 5.97 Å². The number of benzene rings is 2. The first-order chi connectivity index (χ1) is 12.0. The minimum absolute atomic E-state index is 0.0998. The van der Waals surface area contributed by atoms with Gasteiger partial charge in [-0.2, -0.15) is 0 Å². The van der Waals surface area contributed by atoms with Crippen LogP contribution in [0, 0.1) is 4.91 Å². The average Bonchev–Trinajstić information content (AvgIpc) is 2.96. The molecule has 2 N–H and O–H groups in total. The van der Waals surface area contributed by atoms with Crippen molar-refractivity contribution in [1.82, 2.24) is 14.8 Å². The zero-order valence-electron chi connectivity index (χ0n) is 13.0. The Morgan fingerprint density at radius 1 is 1.16 bits per heavy atom. The molecule has 0 bridgehead atoms. The predicted octanol–water partition coefficient (Wildman–Crippen LogP) is 3.13. The number of aromatic carboxylic acids is 1. The first-order valence-electron chi connectivity index (χ1n) is 7.13. The van der Waals surface area contributed by atoms with Gasteiger partial charge in [-0.15, -0.1) is 10.2 Å². The van der Waals surface area contributed by atoms with Crippen LogP contribution in [0.2, 0.25) is 0 Å². The Morgan fingerprint density at radius 3 is 2.52 bits per heavy atom. The van der Waals surface area contributed by atoms with Crippen LogP contribution < -0.4 is 0 Å². The van der Waals surface area contributed by atoms with E-state index in [0.29, 0.717) is 15.9 Å². The van der Waals surface area contributed by atoms with Crippen molar-refractivity contribution in [3.63, 3.8) is 0 Å². The fraction of sp³-hybridized carbons (Fsp3) is 0.0625. The highest BCUT2D eigenvalue weighted by molar-refractivity contribution is 7.99. The lowest BCUT2D eigenvalue weighted by Crippen LogP contribution is -2.01. The van der Waals surface area contributed by atoms with E-state index in [1.165, 1.54) is 12.1 Å². The van der Waals surface area contributed by atoms with Crippen molar-refractivity contribution in [3.8, 4) is 11.4 Å². The summed E-state index contributed by atoms with van der Waals surface area (Å²) in [4.78, 5) is 22.4. The highest BCUT2D eigenvalue weighted by atomic mass is 32.2. The molecule has 3 aromatic rings. The summed E-state index contributed by atoms with van der Waals surface area (Å²) in [5.41, 5.74) is 0.616. The van der Waals surface area contributed by atoms with Crippen molar-refractivity contribution < 1.29 is 20.0 Å². The number of hydrogen-bond acceptors (Lipinski definition) is 5. The van der Waals surface area contributed by atoms with Gasteiger partial charge in [0.15, 0.2) is 11.0 Å². The van der Waals surface area contributed by atoms with Crippen LogP contribution in [0.4, 0.5) is 5.69 Å². The van der Waals surface area contributed by atoms with Gasteiger partial charge in [-0.3, -0.25) is 0 Å². The normalized spacial score (nSPS) is 10.6. The minimum atomic E-state index is -1.19. The molecule has 0 radical (unpaired) electrons. The fourth-order valence-electron chi connectivity index (χ4n) is 2.23. The largest absolute Gasteiger partial charge is 0.478 e. The van der Waals surface area contributed by atoms with Gasteiger partial charge in [-0.1, -0.05) is 30.3 Å². The Kier molecular flexibility index (Phi) is 4.48. The van der Waals surface area contributed by atoms with Gasteiger partial charge in [-0.25, -0.2) is 10.0 Å². The van der Waals surface area contributed by atoms with Crippen molar-refractivity contribution in [2.45, 2.75) is 10.1 Å². The van der Waals surface area contributed by atoms with Gasteiger partial charge < -0.3 is 9.67 Å². The Labute approximate surface area is 146 Å². The molecule has 0 atom stereocenters. The third-order valence-corrected chi connectivity index (χ3v) is 4.58. The second kappa shape index (κ2) is 6.73. The van der Waals surface area contributed by atoms with Crippen LogP contribution in [0.3, 0.4) is 0 Å². The molecule has 2 aromatic carbocycles. The van der Waals surface area contributed by atoms with E-state index in [4.69, 9.17) is 5.11 Å². The Bertz CT molecular complexity index is 956. The van der Waals surface area contributed by atoms with Crippen molar-refractivity contribution in [1.29, 1.82) is 0 Å². The maximum absolute atomic E-state index is 11.4. The highest BCUT2D eigenvalue weighted by Gasteiger charge is 2.24. The molecule has 0 spiro atoms. The van der Waals surface area contributed by atoms with Crippen molar-refractivity contribution >= 4 is 23.4 Å². The molecule has 0 saturated carbocycles. The lowest BCUT2D eigenvalue weighted by Gasteiger charge is -2.04. The number of nitrogens with zero attached hydrogens (tertiary/aromatic N) is 4. The smallest absolute Gasteiger partial charge is 0.335 e. The van der Waals surface area contributed by atoms with Crippen LogP contribution in [0.1, 0.15) is 10.4 Å². The molecule has 9 heteroatoms. The molecule has 0 aliphatic carbocycles. The van der Waals surface area contributed by atoms with Crippen LogP contribution in [0.15, 0.2) is 58.6 Å². The van der Waals surface area contributed by atoms with Crippen LogP contribution in [-0.2, 0) is 7.05 Å². The van der Waals surface area contributed by atoms with E-state index in [0.717, 1.165) is 23.4 Å². The number of carboxylic acid groups (broad SMARTS) is 1. The van der Waals surface area contributed by atoms with Crippen molar-refractivity contribution in [3.05, 3.63) is 59.0 Å². The standard InChI is InChI=1S/C16H12N4O4S/c1-19-14(10-5-3-2-4-6-10)17-18-16(19)25-13-8-7-11(15(21)22)9-12(13)20(23)24/h2-9H,1H3,(H-,21,22,23,24)/p+1. The summed E-state index contributed by atoms with van der Waals surface area (Å²) in [6.45, 7) is 0. The summed E-state index contributed by atoms with van der Waals surface area (Å²) in [5.74, 6) is -0.542.